The molecule has 0 N–H and O–H groups in total. The molecule has 2 aromatic carbocycles. The number of fused-ring (bicyclic) bond motifs is 1. The molecule has 0 fully saturated rings. The lowest BCUT2D eigenvalue weighted by Crippen LogP contribution is -2.36. The minimum Gasteiger partial charge on any atom is -0.334 e. The van der Waals surface area contributed by atoms with Crippen LogP contribution in [0.5, 0.6) is 0 Å². The molecule has 0 radical (unpaired) electrons. The molecule has 2 nitrogen and oxygen atoms in total. The third-order valence-electron chi connectivity index (χ3n) is 4.35. The van der Waals surface area contributed by atoms with Crippen molar-refractivity contribution in [1.29, 1.82) is 0 Å². The summed E-state index contributed by atoms with van der Waals surface area (Å²) in [6.45, 7) is 3.73. The van der Waals surface area contributed by atoms with E-state index in [0.717, 1.165) is 43.5 Å². The zero-order valence-electron chi connectivity index (χ0n) is 13.7. The Labute approximate surface area is 138 Å². The molecule has 3 rings (SSSR count). The van der Waals surface area contributed by atoms with Gasteiger partial charge in [0, 0.05) is 18.7 Å². The van der Waals surface area contributed by atoms with Gasteiger partial charge in [-0.05, 0) is 29.5 Å². The molecule has 2 aromatic rings. The minimum atomic E-state index is 0.174. The zero-order chi connectivity index (χ0) is 16.1. The van der Waals surface area contributed by atoms with E-state index in [1.54, 1.807) is 0 Å². The van der Waals surface area contributed by atoms with Crippen molar-refractivity contribution in [2.45, 2.75) is 32.7 Å². The summed E-state index contributed by atoms with van der Waals surface area (Å²) < 4.78 is 0. The minimum absolute atomic E-state index is 0.174. The highest BCUT2D eigenvalue weighted by atomic mass is 16.2. The fourth-order valence-electron chi connectivity index (χ4n) is 3.04. The van der Waals surface area contributed by atoms with Crippen molar-refractivity contribution in [3.63, 3.8) is 0 Å². The number of benzene rings is 2. The first-order valence-corrected chi connectivity index (χ1v) is 8.41. The van der Waals surface area contributed by atoms with Crippen molar-refractivity contribution in [3.8, 4) is 0 Å². The van der Waals surface area contributed by atoms with E-state index in [0.29, 0.717) is 0 Å². The fraction of sp³-hybridized carbons (Fsp3) is 0.286. The largest absolute Gasteiger partial charge is 0.334 e. The lowest BCUT2D eigenvalue weighted by Gasteiger charge is -2.30. The summed E-state index contributed by atoms with van der Waals surface area (Å²) in [5.41, 5.74) is 4.44. The highest BCUT2D eigenvalue weighted by Crippen LogP contribution is 2.29. The Balaban J connectivity index is 1.90. The number of allylic oxidation sites excluding steroid dienone is 1. The van der Waals surface area contributed by atoms with Gasteiger partial charge in [-0.1, -0.05) is 74.0 Å². The summed E-state index contributed by atoms with van der Waals surface area (Å²) in [4.78, 5) is 14.9. The topological polar surface area (TPSA) is 20.3 Å². The first-order valence-electron chi connectivity index (χ1n) is 8.41. The van der Waals surface area contributed by atoms with Gasteiger partial charge in [-0.15, -0.1) is 0 Å². The van der Waals surface area contributed by atoms with Crippen LogP contribution >= 0.6 is 0 Å². The molecule has 0 aliphatic carbocycles. The zero-order valence-corrected chi connectivity index (χ0v) is 13.7. The predicted octanol–water partition coefficient (Wildman–Crippen LogP) is 4.46. The van der Waals surface area contributed by atoms with Gasteiger partial charge in [0.25, 0.3) is 5.91 Å². The number of hydrogen-bond acceptors (Lipinski definition) is 1. The molecular formula is C21H23NO. The van der Waals surface area contributed by atoms with Crippen LogP contribution in [0.4, 0.5) is 0 Å². The van der Waals surface area contributed by atoms with Crippen molar-refractivity contribution >= 4 is 11.5 Å². The molecule has 0 unspecified atom stereocenters. The van der Waals surface area contributed by atoms with Crippen LogP contribution in [0.3, 0.4) is 0 Å². The summed E-state index contributed by atoms with van der Waals surface area (Å²) in [5.74, 6) is 0.174. The van der Waals surface area contributed by atoms with Gasteiger partial charge in [0.15, 0.2) is 0 Å². The molecule has 1 heterocycles. The van der Waals surface area contributed by atoms with E-state index in [1.165, 1.54) is 11.1 Å². The quantitative estimate of drug-likeness (QED) is 0.747. The molecule has 2 heteroatoms. The number of nitrogens with zero attached hydrogens (tertiary/aromatic N) is 1. The summed E-state index contributed by atoms with van der Waals surface area (Å²) in [6.07, 6.45) is 5.04. The maximum Gasteiger partial charge on any atom is 0.254 e. The van der Waals surface area contributed by atoms with Crippen LogP contribution < -0.4 is 0 Å². The van der Waals surface area contributed by atoms with Gasteiger partial charge in [-0.25, -0.2) is 0 Å². The first-order chi connectivity index (χ1) is 11.3. The van der Waals surface area contributed by atoms with Crippen molar-refractivity contribution in [2.24, 2.45) is 0 Å². The summed E-state index contributed by atoms with van der Waals surface area (Å²) >= 11 is 0. The van der Waals surface area contributed by atoms with Crippen molar-refractivity contribution < 1.29 is 4.79 Å². The van der Waals surface area contributed by atoms with Crippen molar-refractivity contribution in [3.05, 3.63) is 77.4 Å². The smallest absolute Gasteiger partial charge is 0.254 e. The van der Waals surface area contributed by atoms with E-state index in [9.17, 15) is 4.79 Å². The van der Waals surface area contributed by atoms with E-state index in [1.807, 2.05) is 29.2 Å². The van der Waals surface area contributed by atoms with Crippen LogP contribution in [0.15, 0.2) is 60.7 Å². The molecule has 0 atom stereocenters. The van der Waals surface area contributed by atoms with Gasteiger partial charge in [-0.2, -0.15) is 0 Å². The van der Waals surface area contributed by atoms with E-state index < -0.39 is 0 Å². The van der Waals surface area contributed by atoms with E-state index in [-0.39, 0.29) is 5.91 Å². The van der Waals surface area contributed by atoms with Gasteiger partial charge in [-0.3, -0.25) is 4.79 Å². The van der Waals surface area contributed by atoms with Crippen molar-refractivity contribution in [2.75, 3.05) is 6.54 Å². The van der Waals surface area contributed by atoms with Gasteiger partial charge in [0.1, 0.15) is 0 Å². The normalized spacial score (nSPS) is 15.8. The molecule has 1 amide bonds. The third-order valence-corrected chi connectivity index (χ3v) is 4.35. The number of unbranched alkanes of at least 4 members (excludes halogenated alkanes) is 1. The SMILES string of the molecule is CCCCN1Cc2ccccc2/C(=C\Cc2ccccc2)C1=O. The van der Waals surface area contributed by atoms with Crippen LogP contribution in [-0.4, -0.2) is 17.4 Å². The molecule has 0 saturated carbocycles. The Hall–Kier alpha value is -2.35. The second kappa shape index (κ2) is 7.28. The van der Waals surface area contributed by atoms with Gasteiger partial charge >= 0.3 is 0 Å². The van der Waals surface area contributed by atoms with Crippen molar-refractivity contribution in [1.82, 2.24) is 4.90 Å². The monoisotopic (exact) mass is 305 g/mol. The van der Waals surface area contributed by atoms with Gasteiger partial charge < -0.3 is 4.90 Å². The lowest BCUT2D eigenvalue weighted by molar-refractivity contribution is -0.126. The molecule has 23 heavy (non-hydrogen) atoms. The van der Waals surface area contributed by atoms with Crippen LogP contribution in [0, 0.1) is 0 Å². The Kier molecular flexibility index (Phi) is 4.92. The standard InChI is InChI=1S/C21H23NO/c1-2-3-15-22-16-18-11-7-8-12-19(18)20(21(22)23)14-13-17-9-5-4-6-10-17/h4-12,14H,2-3,13,15-16H2,1H3/b20-14+. The van der Waals surface area contributed by atoms with Crippen LogP contribution in [0.1, 0.15) is 36.5 Å². The van der Waals surface area contributed by atoms with Gasteiger partial charge in [0.05, 0.1) is 0 Å². The molecule has 1 aliphatic heterocycles. The molecule has 1 aliphatic rings. The number of rotatable bonds is 5. The average molecular weight is 305 g/mol. The van der Waals surface area contributed by atoms with E-state index >= 15 is 0 Å². The fourth-order valence-corrected chi connectivity index (χ4v) is 3.04. The Bertz CT molecular complexity index is 703. The number of hydrogen-bond donors (Lipinski definition) is 0. The third kappa shape index (κ3) is 3.53. The Morgan fingerprint density at radius 3 is 2.57 bits per heavy atom. The highest BCUT2D eigenvalue weighted by molar-refractivity contribution is 6.20. The first kappa shape index (κ1) is 15.5. The van der Waals surface area contributed by atoms with Crippen LogP contribution in [-0.2, 0) is 17.8 Å². The van der Waals surface area contributed by atoms with E-state index in [2.05, 4.69) is 43.3 Å². The molecule has 0 bridgehead atoms. The number of amides is 1. The lowest BCUT2D eigenvalue weighted by atomic mass is 9.92. The summed E-state index contributed by atoms with van der Waals surface area (Å²) in [5, 5.41) is 0. The Morgan fingerprint density at radius 2 is 1.78 bits per heavy atom. The van der Waals surface area contributed by atoms with E-state index in [4.69, 9.17) is 0 Å². The second-order valence-electron chi connectivity index (χ2n) is 6.04. The highest BCUT2D eigenvalue weighted by Gasteiger charge is 2.26. The molecular weight excluding hydrogens is 282 g/mol. The summed E-state index contributed by atoms with van der Waals surface area (Å²) in [6, 6.07) is 18.6. The summed E-state index contributed by atoms with van der Waals surface area (Å²) in [7, 11) is 0. The maximum absolute atomic E-state index is 12.9. The Morgan fingerprint density at radius 1 is 1.04 bits per heavy atom. The number of carbonyl (C=O) groups is 1. The van der Waals surface area contributed by atoms with Crippen LogP contribution in [0.25, 0.3) is 5.57 Å². The van der Waals surface area contributed by atoms with Gasteiger partial charge in [0.2, 0.25) is 0 Å². The van der Waals surface area contributed by atoms with Crippen LogP contribution in [0.2, 0.25) is 0 Å². The average Bonchev–Trinajstić information content (AvgIpc) is 2.60. The molecule has 118 valence electrons. The second-order valence-corrected chi connectivity index (χ2v) is 6.04. The molecule has 0 spiro atoms. The maximum atomic E-state index is 12.9. The molecule has 0 aromatic heterocycles. The predicted molar refractivity (Wildman–Crippen MR) is 94.9 cm³/mol. The number of carbonyl (C=O) groups excluding carboxylic acids is 1. The molecule has 0 saturated heterocycles.